The maximum atomic E-state index is 4.49. The number of aromatic amines is 1. The second-order valence-corrected chi connectivity index (χ2v) is 5.80. The Hall–Kier alpha value is -1.09. The minimum atomic E-state index is 0.772. The molecule has 1 aromatic carbocycles. The molecule has 17 heavy (non-hydrogen) atoms. The zero-order chi connectivity index (χ0) is 11.8. The van der Waals surface area contributed by atoms with Gasteiger partial charge in [-0.25, -0.2) is 0 Å². The van der Waals surface area contributed by atoms with Crippen LogP contribution in [-0.2, 0) is 12.8 Å². The minimum Gasteiger partial charge on any atom is -0.282 e. The van der Waals surface area contributed by atoms with Crippen molar-refractivity contribution in [2.45, 2.75) is 26.2 Å². The highest BCUT2D eigenvalue weighted by atomic mass is 79.9. The Morgan fingerprint density at radius 1 is 1.29 bits per heavy atom. The van der Waals surface area contributed by atoms with E-state index in [9.17, 15) is 0 Å². The van der Waals surface area contributed by atoms with Crippen molar-refractivity contribution in [3.05, 3.63) is 40.0 Å². The van der Waals surface area contributed by atoms with Gasteiger partial charge in [-0.15, -0.1) is 0 Å². The molecule has 0 amide bonds. The molecule has 0 fully saturated rings. The van der Waals surface area contributed by atoms with Gasteiger partial charge in [0.2, 0.25) is 0 Å². The number of H-pyrrole nitrogens is 1. The van der Waals surface area contributed by atoms with E-state index in [0.29, 0.717) is 0 Å². The van der Waals surface area contributed by atoms with Gasteiger partial charge in [-0.2, -0.15) is 5.10 Å². The number of rotatable bonds is 1. The van der Waals surface area contributed by atoms with E-state index in [-0.39, 0.29) is 0 Å². The molecule has 3 heteroatoms. The Bertz CT molecular complexity index is 528. The van der Waals surface area contributed by atoms with Crippen LogP contribution >= 0.6 is 15.9 Å². The molecule has 2 aromatic rings. The lowest BCUT2D eigenvalue weighted by molar-refractivity contribution is 0.498. The lowest BCUT2D eigenvalue weighted by Gasteiger charge is -2.18. The molecule has 0 radical (unpaired) electrons. The van der Waals surface area contributed by atoms with Crippen molar-refractivity contribution in [1.29, 1.82) is 0 Å². The fourth-order valence-electron chi connectivity index (χ4n) is 2.52. The molecular formula is C14H15BrN2. The van der Waals surface area contributed by atoms with Crippen LogP contribution in [0, 0.1) is 5.92 Å². The quantitative estimate of drug-likeness (QED) is 0.846. The molecule has 3 rings (SSSR count). The molecular weight excluding hydrogens is 276 g/mol. The Morgan fingerprint density at radius 2 is 2.06 bits per heavy atom. The summed E-state index contributed by atoms with van der Waals surface area (Å²) in [6, 6.07) is 8.39. The maximum absolute atomic E-state index is 4.49. The summed E-state index contributed by atoms with van der Waals surface area (Å²) in [5.41, 5.74) is 5.10. The zero-order valence-electron chi connectivity index (χ0n) is 9.83. The van der Waals surface area contributed by atoms with E-state index in [1.54, 1.807) is 0 Å². The first-order chi connectivity index (χ1) is 8.24. The second-order valence-electron chi connectivity index (χ2n) is 4.88. The number of benzene rings is 1. The van der Waals surface area contributed by atoms with Crippen molar-refractivity contribution in [1.82, 2.24) is 10.2 Å². The van der Waals surface area contributed by atoms with Gasteiger partial charge in [0.15, 0.2) is 0 Å². The number of hydrogen-bond donors (Lipinski definition) is 1. The highest BCUT2D eigenvalue weighted by Crippen LogP contribution is 2.32. The largest absolute Gasteiger partial charge is 0.282 e. The van der Waals surface area contributed by atoms with Crippen LogP contribution in [0.5, 0.6) is 0 Å². The van der Waals surface area contributed by atoms with Crippen LogP contribution in [0.25, 0.3) is 11.3 Å². The van der Waals surface area contributed by atoms with Crippen LogP contribution in [-0.4, -0.2) is 10.2 Å². The predicted octanol–water partition coefficient (Wildman–Crippen LogP) is 3.96. The summed E-state index contributed by atoms with van der Waals surface area (Å²) in [6.45, 7) is 2.32. The van der Waals surface area contributed by atoms with Crippen LogP contribution in [0.4, 0.5) is 0 Å². The maximum Gasteiger partial charge on any atom is 0.0955 e. The molecule has 0 aliphatic heterocycles. The van der Waals surface area contributed by atoms with Gasteiger partial charge in [0.1, 0.15) is 0 Å². The second kappa shape index (κ2) is 4.30. The summed E-state index contributed by atoms with van der Waals surface area (Å²) in [4.78, 5) is 0. The van der Waals surface area contributed by atoms with Crippen LogP contribution in [0.1, 0.15) is 24.6 Å². The number of nitrogens with one attached hydrogen (secondary N) is 1. The summed E-state index contributed by atoms with van der Waals surface area (Å²) in [5.74, 6) is 0.772. The highest BCUT2D eigenvalue weighted by molar-refractivity contribution is 9.10. The molecule has 0 spiro atoms. The Morgan fingerprint density at radius 3 is 2.82 bits per heavy atom. The van der Waals surface area contributed by atoms with Gasteiger partial charge in [-0.05, 0) is 37.3 Å². The molecule has 0 bridgehead atoms. The highest BCUT2D eigenvalue weighted by Gasteiger charge is 2.21. The molecule has 0 saturated heterocycles. The molecule has 1 atom stereocenters. The van der Waals surface area contributed by atoms with Gasteiger partial charge in [0.25, 0.3) is 0 Å². The third-order valence-corrected chi connectivity index (χ3v) is 4.04. The van der Waals surface area contributed by atoms with Crippen molar-refractivity contribution in [2.75, 3.05) is 0 Å². The van der Waals surface area contributed by atoms with Gasteiger partial charge < -0.3 is 0 Å². The standard InChI is InChI=1S/C14H15BrN2/c1-9-2-7-13-12(8-9)14(17-16-13)10-3-5-11(15)6-4-10/h3-6,9H,2,7-8H2,1H3,(H,16,17). The molecule has 1 aliphatic rings. The van der Waals surface area contributed by atoms with E-state index in [1.165, 1.54) is 23.2 Å². The summed E-state index contributed by atoms with van der Waals surface area (Å²) >= 11 is 3.46. The number of hydrogen-bond acceptors (Lipinski definition) is 1. The first-order valence-corrected chi connectivity index (χ1v) is 6.85. The monoisotopic (exact) mass is 290 g/mol. The van der Waals surface area contributed by atoms with Crippen molar-refractivity contribution < 1.29 is 0 Å². The number of nitrogens with zero attached hydrogens (tertiary/aromatic N) is 1. The average Bonchev–Trinajstić information content (AvgIpc) is 2.73. The van der Waals surface area contributed by atoms with Crippen molar-refractivity contribution in [3.63, 3.8) is 0 Å². The Labute approximate surface area is 110 Å². The summed E-state index contributed by atoms with van der Waals surface area (Å²) in [6.07, 6.45) is 3.56. The third-order valence-electron chi connectivity index (χ3n) is 3.51. The SMILES string of the molecule is CC1CCc2[nH]nc(-c3ccc(Br)cc3)c2C1. The number of fused-ring (bicyclic) bond motifs is 1. The fourth-order valence-corrected chi connectivity index (χ4v) is 2.78. The third kappa shape index (κ3) is 2.04. The molecule has 1 aromatic heterocycles. The number of halogens is 1. The molecule has 0 saturated carbocycles. The number of aromatic nitrogens is 2. The van der Waals surface area contributed by atoms with E-state index in [1.807, 2.05) is 0 Å². The summed E-state index contributed by atoms with van der Waals surface area (Å²) in [5, 5.41) is 7.69. The minimum absolute atomic E-state index is 0.772. The Balaban J connectivity index is 2.04. The van der Waals surface area contributed by atoms with Crippen molar-refractivity contribution in [2.24, 2.45) is 5.92 Å². The van der Waals surface area contributed by atoms with E-state index in [4.69, 9.17) is 0 Å². The lowest BCUT2D eigenvalue weighted by atomic mass is 9.87. The van der Waals surface area contributed by atoms with Gasteiger partial charge >= 0.3 is 0 Å². The van der Waals surface area contributed by atoms with Gasteiger partial charge in [0, 0.05) is 21.3 Å². The zero-order valence-corrected chi connectivity index (χ0v) is 11.4. The summed E-state index contributed by atoms with van der Waals surface area (Å²) in [7, 11) is 0. The van der Waals surface area contributed by atoms with E-state index in [2.05, 4.69) is 57.3 Å². The summed E-state index contributed by atoms with van der Waals surface area (Å²) < 4.78 is 1.11. The van der Waals surface area contributed by atoms with E-state index >= 15 is 0 Å². The molecule has 1 unspecified atom stereocenters. The molecule has 2 nitrogen and oxygen atoms in total. The van der Waals surface area contributed by atoms with Crippen molar-refractivity contribution >= 4 is 15.9 Å². The van der Waals surface area contributed by atoms with Crippen LogP contribution in [0.3, 0.4) is 0 Å². The van der Waals surface area contributed by atoms with E-state index < -0.39 is 0 Å². The lowest BCUT2D eigenvalue weighted by Crippen LogP contribution is -2.10. The fraction of sp³-hybridized carbons (Fsp3) is 0.357. The Kier molecular flexibility index (Phi) is 2.79. The number of aryl methyl sites for hydroxylation is 1. The first kappa shape index (κ1) is 11.0. The predicted molar refractivity (Wildman–Crippen MR) is 72.9 cm³/mol. The molecule has 88 valence electrons. The van der Waals surface area contributed by atoms with Crippen LogP contribution in [0.15, 0.2) is 28.7 Å². The normalized spacial score (nSPS) is 19.1. The van der Waals surface area contributed by atoms with Crippen LogP contribution in [0.2, 0.25) is 0 Å². The van der Waals surface area contributed by atoms with Crippen LogP contribution < -0.4 is 0 Å². The van der Waals surface area contributed by atoms with Gasteiger partial charge in [-0.3, -0.25) is 5.10 Å². The van der Waals surface area contributed by atoms with E-state index in [0.717, 1.165) is 28.9 Å². The molecule has 1 aliphatic carbocycles. The molecule has 1 N–H and O–H groups in total. The smallest absolute Gasteiger partial charge is 0.0955 e. The topological polar surface area (TPSA) is 28.7 Å². The van der Waals surface area contributed by atoms with Gasteiger partial charge in [0.05, 0.1) is 5.69 Å². The first-order valence-electron chi connectivity index (χ1n) is 6.06. The average molecular weight is 291 g/mol. The molecule has 1 heterocycles. The van der Waals surface area contributed by atoms with Crippen molar-refractivity contribution in [3.8, 4) is 11.3 Å². The van der Waals surface area contributed by atoms with Gasteiger partial charge in [-0.1, -0.05) is 35.0 Å².